The molecule has 5 nitrogen and oxygen atoms in total. The van der Waals surface area contributed by atoms with Crippen LogP contribution in [-0.2, 0) is 0 Å². The maximum atomic E-state index is 13.2. The highest BCUT2D eigenvalue weighted by molar-refractivity contribution is 7.98. The van der Waals surface area contributed by atoms with E-state index in [1.165, 1.54) is 11.3 Å². The van der Waals surface area contributed by atoms with Crippen molar-refractivity contribution in [3.8, 4) is 5.75 Å². The molecule has 0 saturated carbocycles. The number of halogens is 1. The summed E-state index contributed by atoms with van der Waals surface area (Å²) in [5.41, 5.74) is 1.55. The molecule has 1 heterocycles. The van der Waals surface area contributed by atoms with Gasteiger partial charge in [-0.1, -0.05) is 11.3 Å². The van der Waals surface area contributed by atoms with Crippen molar-refractivity contribution in [3.63, 3.8) is 0 Å². The molecule has 0 saturated heterocycles. The fourth-order valence-electron chi connectivity index (χ4n) is 2.74. The van der Waals surface area contributed by atoms with E-state index in [4.69, 9.17) is 9.72 Å². The molecule has 29 heavy (non-hydrogen) atoms. The summed E-state index contributed by atoms with van der Waals surface area (Å²) in [5, 5.41) is 0.712. The molecule has 0 aliphatic rings. The van der Waals surface area contributed by atoms with E-state index >= 15 is 0 Å². The molecule has 0 fully saturated rings. The van der Waals surface area contributed by atoms with Gasteiger partial charge in [-0.15, -0.1) is 24.2 Å². The van der Waals surface area contributed by atoms with E-state index in [1.807, 2.05) is 69.7 Å². The number of nitrogens with zero attached hydrogens (tertiary/aromatic N) is 3. The van der Waals surface area contributed by atoms with Crippen molar-refractivity contribution in [1.29, 1.82) is 0 Å². The lowest BCUT2D eigenvalue weighted by Gasteiger charge is -2.22. The first-order valence-electron chi connectivity index (χ1n) is 9.16. The lowest BCUT2D eigenvalue weighted by Crippen LogP contribution is -2.36. The number of thiazole rings is 1. The number of aromatic nitrogens is 1. The van der Waals surface area contributed by atoms with Crippen molar-refractivity contribution >= 4 is 56.8 Å². The third kappa shape index (κ3) is 5.85. The standard InChI is InChI=1S/C21H25N3O2S2.ClH/c1-5-26-16-8-11-18-19(14-16)28-21(22-18)24(13-12-23(2)3)20(25)15-6-9-17(27-4)10-7-15;/h6-11,14H,5,12-13H2,1-4H3;1H. The van der Waals surface area contributed by atoms with Crippen LogP contribution in [0.2, 0.25) is 0 Å². The van der Waals surface area contributed by atoms with Crippen molar-refractivity contribution in [2.75, 3.05) is 44.9 Å². The smallest absolute Gasteiger partial charge is 0.260 e. The van der Waals surface area contributed by atoms with Crippen molar-refractivity contribution in [1.82, 2.24) is 9.88 Å². The van der Waals surface area contributed by atoms with Gasteiger partial charge in [-0.05, 0) is 69.7 Å². The van der Waals surface area contributed by atoms with Crippen LogP contribution in [0.4, 0.5) is 5.13 Å². The van der Waals surface area contributed by atoms with Gasteiger partial charge in [0, 0.05) is 23.5 Å². The van der Waals surface area contributed by atoms with Crippen LogP contribution in [0.15, 0.2) is 47.4 Å². The summed E-state index contributed by atoms with van der Waals surface area (Å²) in [5.74, 6) is 0.794. The highest BCUT2D eigenvalue weighted by Crippen LogP contribution is 2.32. The number of likely N-dealkylation sites (N-methyl/N-ethyl adjacent to an activating group) is 1. The number of hydrogen-bond acceptors (Lipinski definition) is 6. The lowest BCUT2D eigenvalue weighted by atomic mass is 10.2. The normalized spacial score (nSPS) is 10.8. The average Bonchev–Trinajstić information content (AvgIpc) is 3.11. The second-order valence-corrected chi connectivity index (χ2v) is 8.44. The summed E-state index contributed by atoms with van der Waals surface area (Å²) >= 11 is 3.18. The minimum atomic E-state index is -0.0291. The minimum absolute atomic E-state index is 0. The van der Waals surface area contributed by atoms with E-state index in [9.17, 15) is 4.79 Å². The molecule has 3 aromatic rings. The number of benzene rings is 2. The van der Waals surface area contributed by atoms with Crippen molar-refractivity contribution in [3.05, 3.63) is 48.0 Å². The predicted octanol–water partition coefficient (Wildman–Crippen LogP) is 5.05. The van der Waals surface area contributed by atoms with Crippen molar-refractivity contribution in [2.45, 2.75) is 11.8 Å². The van der Waals surface area contributed by atoms with E-state index in [0.717, 1.165) is 27.4 Å². The van der Waals surface area contributed by atoms with Gasteiger partial charge >= 0.3 is 0 Å². The van der Waals surface area contributed by atoms with Crippen LogP contribution < -0.4 is 9.64 Å². The zero-order chi connectivity index (χ0) is 20.1. The third-order valence-electron chi connectivity index (χ3n) is 4.24. The quantitative estimate of drug-likeness (QED) is 0.448. The second-order valence-electron chi connectivity index (χ2n) is 6.55. The predicted molar refractivity (Wildman–Crippen MR) is 126 cm³/mol. The summed E-state index contributed by atoms with van der Waals surface area (Å²) in [4.78, 5) is 22.9. The molecule has 0 spiro atoms. The molecule has 0 radical (unpaired) electrons. The largest absolute Gasteiger partial charge is 0.494 e. The Hall–Kier alpha value is -1.80. The van der Waals surface area contributed by atoms with E-state index in [0.29, 0.717) is 23.8 Å². The summed E-state index contributed by atoms with van der Waals surface area (Å²) in [6.07, 6.45) is 2.03. The van der Waals surface area contributed by atoms with Gasteiger partial charge in [0.25, 0.3) is 5.91 Å². The van der Waals surface area contributed by atoms with Gasteiger partial charge in [-0.25, -0.2) is 4.98 Å². The molecule has 0 unspecified atom stereocenters. The number of carbonyl (C=O) groups excluding carboxylic acids is 1. The Kier molecular flexibility index (Phi) is 8.77. The number of hydrogen-bond donors (Lipinski definition) is 0. The molecular formula is C21H26ClN3O2S2. The van der Waals surface area contributed by atoms with E-state index in [2.05, 4.69) is 4.90 Å². The van der Waals surface area contributed by atoms with E-state index in [-0.39, 0.29) is 18.3 Å². The van der Waals surface area contributed by atoms with Crippen molar-refractivity contribution < 1.29 is 9.53 Å². The number of amides is 1. The maximum absolute atomic E-state index is 13.2. The van der Waals surface area contributed by atoms with Crippen LogP contribution in [0.1, 0.15) is 17.3 Å². The molecule has 3 rings (SSSR count). The first-order chi connectivity index (χ1) is 13.5. The third-order valence-corrected chi connectivity index (χ3v) is 6.03. The number of rotatable bonds is 8. The van der Waals surface area contributed by atoms with Crippen LogP contribution in [0, 0.1) is 0 Å². The molecule has 1 aromatic heterocycles. The van der Waals surface area contributed by atoms with Gasteiger partial charge in [0.15, 0.2) is 5.13 Å². The molecular weight excluding hydrogens is 426 g/mol. The van der Waals surface area contributed by atoms with Gasteiger partial charge in [-0.2, -0.15) is 0 Å². The molecule has 1 amide bonds. The summed E-state index contributed by atoms with van der Waals surface area (Å²) < 4.78 is 6.61. The SMILES string of the molecule is CCOc1ccc2nc(N(CCN(C)C)C(=O)c3ccc(SC)cc3)sc2c1.Cl. The second kappa shape index (κ2) is 10.8. The van der Waals surface area contributed by atoms with Gasteiger partial charge in [0.2, 0.25) is 0 Å². The molecule has 0 bridgehead atoms. The van der Waals surface area contributed by atoms with E-state index < -0.39 is 0 Å². The highest BCUT2D eigenvalue weighted by atomic mass is 35.5. The van der Waals surface area contributed by atoms with Gasteiger partial charge < -0.3 is 9.64 Å². The number of thioether (sulfide) groups is 1. The van der Waals surface area contributed by atoms with Crippen LogP contribution in [0.5, 0.6) is 5.75 Å². The Bertz CT molecular complexity index is 945. The Morgan fingerprint density at radius 1 is 1.14 bits per heavy atom. The average molecular weight is 452 g/mol. The Morgan fingerprint density at radius 2 is 1.86 bits per heavy atom. The first-order valence-corrected chi connectivity index (χ1v) is 11.2. The number of carbonyl (C=O) groups is 1. The van der Waals surface area contributed by atoms with Crippen LogP contribution >= 0.6 is 35.5 Å². The first kappa shape index (κ1) is 23.5. The fourth-order valence-corrected chi connectivity index (χ4v) is 4.16. The summed E-state index contributed by atoms with van der Waals surface area (Å²) in [6, 6.07) is 13.6. The monoisotopic (exact) mass is 451 g/mol. The zero-order valence-electron chi connectivity index (χ0n) is 17.0. The Labute approximate surface area is 186 Å². The van der Waals surface area contributed by atoms with Crippen LogP contribution in [-0.4, -0.2) is 55.8 Å². The molecule has 8 heteroatoms. The lowest BCUT2D eigenvalue weighted by molar-refractivity contribution is 0.0985. The molecule has 0 N–H and O–H groups in total. The van der Waals surface area contributed by atoms with Crippen LogP contribution in [0.3, 0.4) is 0 Å². The molecule has 2 aromatic carbocycles. The Balaban J connectivity index is 0.00000300. The van der Waals surface area contributed by atoms with Crippen LogP contribution in [0.25, 0.3) is 10.2 Å². The zero-order valence-corrected chi connectivity index (χ0v) is 19.5. The van der Waals surface area contributed by atoms with Gasteiger partial charge in [0.05, 0.1) is 16.8 Å². The molecule has 0 atom stereocenters. The number of fused-ring (bicyclic) bond motifs is 1. The van der Waals surface area contributed by atoms with Gasteiger partial charge in [0.1, 0.15) is 5.75 Å². The van der Waals surface area contributed by atoms with E-state index in [1.54, 1.807) is 16.7 Å². The van der Waals surface area contributed by atoms with Gasteiger partial charge in [-0.3, -0.25) is 9.69 Å². The maximum Gasteiger partial charge on any atom is 0.260 e. The Morgan fingerprint density at radius 3 is 2.48 bits per heavy atom. The summed E-state index contributed by atoms with van der Waals surface area (Å²) in [6.45, 7) is 3.92. The summed E-state index contributed by atoms with van der Waals surface area (Å²) in [7, 11) is 4.01. The number of anilines is 1. The molecule has 0 aliphatic carbocycles. The van der Waals surface area contributed by atoms with Crippen molar-refractivity contribution in [2.24, 2.45) is 0 Å². The highest BCUT2D eigenvalue weighted by Gasteiger charge is 2.21. The molecule has 0 aliphatic heterocycles. The fraction of sp³-hybridized carbons (Fsp3) is 0.333. The topological polar surface area (TPSA) is 45.7 Å². The minimum Gasteiger partial charge on any atom is -0.494 e. The number of ether oxygens (including phenoxy) is 1. The molecule has 156 valence electrons.